The molecule has 1 unspecified atom stereocenters. The fourth-order valence-corrected chi connectivity index (χ4v) is 1.21. The minimum Gasteiger partial charge on any atom is -0.377 e. The lowest BCUT2D eigenvalue weighted by atomic mass is 10.3. The van der Waals surface area contributed by atoms with Crippen LogP contribution in [0, 0.1) is 5.95 Å². The molecule has 0 aliphatic heterocycles. The van der Waals surface area contributed by atoms with E-state index in [4.69, 9.17) is 4.74 Å². The molecule has 0 aromatic carbocycles. The van der Waals surface area contributed by atoms with Crippen LogP contribution in [0.5, 0.6) is 0 Å². The molecule has 1 N–H and O–H groups in total. The summed E-state index contributed by atoms with van der Waals surface area (Å²) in [7, 11) is 0. The smallest absolute Gasteiger partial charge is 0.270 e. The van der Waals surface area contributed by atoms with E-state index in [1.807, 2.05) is 13.8 Å². The second-order valence-corrected chi connectivity index (χ2v) is 3.32. The van der Waals surface area contributed by atoms with Gasteiger partial charge in [-0.15, -0.1) is 0 Å². The van der Waals surface area contributed by atoms with Gasteiger partial charge in [-0.1, -0.05) is 6.07 Å². The molecule has 1 amide bonds. The third kappa shape index (κ3) is 3.94. The first-order chi connectivity index (χ1) is 7.63. The van der Waals surface area contributed by atoms with Gasteiger partial charge in [0.15, 0.2) is 0 Å². The maximum atomic E-state index is 12.7. The van der Waals surface area contributed by atoms with Crippen LogP contribution in [0.3, 0.4) is 0 Å². The molecule has 1 aromatic heterocycles. The van der Waals surface area contributed by atoms with Crippen LogP contribution in [0.2, 0.25) is 0 Å². The third-order valence-electron chi connectivity index (χ3n) is 1.95. The minimum atomic E-state index is -0.662. The van der Waals surface area contributed by atoms with Crippen LogP contribution in [-0.2, 0) is 4.74 Å². The summed E-state index contributed by atoms with van der Waals surface area (Å²) in [4.78, 5) is 15.0. The Morgan fingerprint density at radius 3 is 3.00 bits per heavy atom. The molecule has 1 aromatic rings. The van der Waals surface area contributed by atoms with Crippen LogP contribution in [0.1, 0.15) is 24.3 Å². The van der Waals surface area contributed by atoms with Gasteiger partial charge in [-0.25, -0.2) is 4.98 Å². The van der Waals surface area contributed by atoms with Gasteiger partial charge in [-0.2, -0.15) is 4.39 Å². The summed E-state index contributed by atoms with van der Waals surface area (Å²) in [6.45, 7) is 4.70. The van der Waals surface area contributed by atoms with Crippen molar-refractivity contribution >= 4 is 5.91 Å². The van der Waals surface area contributed by atoms with E-state index >= 15 is 0 Å². The molecule has 0 bridgehead atoms. The molecular formula is C11H15FN2O2. The Morgan fingerprint density at radius 1 is 1.62 bits per heavy atom. The molecular weight excluding hydrogens is 211 g/mol. The second kappa shape index (κ2) is 6.17. The lowest BCUT2D eigenvalue weighted by Gasteiger charge is -2.12. The van der Waals surface area contributed by atoms with Crippen LogP contribution in [0.15, 0.2) is 18.2 Å². The first kappa shape index (κ1) is 12.6. The largest absolute Gasteiger partial charge is 0.377 e. The summed E-state index contributed by atoms with van der Waals surface area (Å²) in [6, 6.07) is 4.10. The highest BCUT2D eigenvalue weighted by molar-refractivity contribution is 5.92. The number of nitrogens with one attached hydrogen (secondary N) is 1. The number of hydrogen-bond acceptors (Lipinski definition) is 3. The Labute approximate surface area is 93.8 Å². The van der Waals surface area contributed by atoms with Crippen molar-refractivity contribution in [1.29, 1.82) is 0 Å². The van der Waals surface area contributed by atoms with Gasteiger partial charge in [0.25, 0.3) is 5.91 Å². The lowest BCUT2D eigenvalue weighted by Crippen LogP contribution is -2.32. The minimum absolute atomic E-state index is 0.0671. The Morgan fingerprint density at radius 2 is 2.38 bits per heavy atom. The van der Waals surface area contributed by atoms with Crippen molar-refractivity contribution in [2.24, 2.45) is 0 Å². The molecule has 1 rings (SSSR count). The van der Waals surface area contributed by atoms with Crippen LogP contribution in [0.25, 0.3) is 0 Å². The highest BCUT2D eigenvalue weighted by Gasteiger charge is 2.09. The van der Waals surface area contributed by atoms with Crippen molar-refractivity contribution in [3.63, 3.8) is 0 Å². The van der Waals surface area contributed by atoms with Gasteiger partial charge in [0.1, 0.15) is 5.69 Å². The van der Waals surface area contributed by atoms with Gasteiger partial charge in [0.05, 0.1) is 6.10 Å². The molecule has 0 saturated carbocycles. The van der Waals surface area contributed by atoms with Gasteiger partial charge in [0, 0.05) is 13.2 Å². The van der Waals surface area contributed by atoms with E-state index in [2.05, 4.69) is 10.3 Å². The zero-order chi connectivity index (χ0) is 12.0. The summed E-state index contributed by atoms with van der Waals surface area (Å²) in [5.41, 5.74) is 0.0729. The summed E-state index contributed by atoms with van der Waals surface area (Å²) in [6.07, 6.45) is -0.0671. The summed E-state index contributed by atoms with van der Waals surface area (Å²) >= 11 is 0. The van der Waals surface area contributed by atoms with E-state index in [1.54, 1.807) is 0 Å². The Balaban J connectivity index is 2.47. The van der Waals surface area contributed by atoms with Crippen LogP contribution < -0.4 is 5.32 Å². The predicted octanol–water partition coefficient (Wildman–Crippen LogP) is 1.38. The SMILES string of the molecule is CCOC(C)CNC(=O)c1cccc(F)n1. The van der Waals surface area contributed by atoms with Crippen molar-refractivity contribution in [3.8, 4) is 0 Å². The molecule has 88 valence electrons. The summed E-state index contributed by atoms with van der Waals surface area (Å²) < 4.78 is 18.0. The van der Waals surface area contributed by atoms with Crippen molar-refractivity contribution in [2.45, 2.75) is 20.0 Å². The van der Waals surface area contributed by atoms with Gasteiger partial charge >= 0.3 is 0 Å². The monoisotopic (exact) mass is 226 g/mol. The standard InChI is InChI=1S/C11H15FN2O2/c1-3-16-8(2)7-13-11(15)9-5-4-6-10(12)14-9/h4-6,8H,3,7H2,1-2H3,(H,13,15). The van der Waals surface area contributed by atoms with E-state index in [1.165, 1.54) is 18.2 Å². The van der Waals surface area contributed by atoms with Gasteiger partial charge < -0.3 is 10.1 Å². The average Bonchev–Trinajstić information content (AvgIpc) is 2.26. The van der Waals surface area contributed by atoms with Crippen molar-refractivity contribution < 1.29 is 13.9 Å². The van der Waals surface area contributed by atoms with Crippen LogP contribution in [-0.4, -0.2) is 30.1 Å². The van der Waals surface area contributed by atoms with Crippen LogP contribution >= 0.6 is 0 Å². The maximum Gasteiger partial charge on any atom is 0.270 e. The van der Waals surface area contributed by atoms with Crippen molar-refractivity contribution in [1.82, 2.24) is 10.3 Å². The number of amides is 1. The van der Waals surface area contributed by atoms with E-state index < -0.39 is 11.9 Å². The predicted molar refractivity (Wildman–Crippen MR) is 57.6 cm³/mol. The Bertz CT molecular complexity index is 358. The molecule has 0 saturated heterocycles. The van der Waals surface area contributed by atoms with Crippen molar-refractivity contribution in [2.75, 3.05) is 13.2 Å². The van der Waals surface area contributed by atoms with E-state index in [0.29, 0.717) is 13.2 Å². The quantitative estimate of drug-likeness (QED) is 0.771. The molecule has 0 fully saturated rings. The Hall–Kier alpha value is -1.49. The third-order valence-corrected chi connectivity index (χ3v) is 1.95. The number of carbonyl (C=O) groups excluding carboxylic acids is 1. The fraction of sp³-hybridized carbons (Fsp3) is 0.455. The number of ether oxygens (including phenoxy) is 1. The molecule has 16 heavy (non-hydrogen) atoms. The highest BCUT2D eigenvalue weighted by Crippen LogP contribution is 1.98. The fourth-order valence-electron chi connectivity index (χ4n) is 1.21. The maximum absolute atomic E-state index is 12.7. The summed E-state index contributed by atoms with van der Waals surface area (Å²) in [5.74, 6) is -1.06. The molecule has 0 radical (unpaired) electrons. The zero-order valence-corrected chi connectivity index (χ0v) is 9.37. The average molecular weight is 226 g/mol. The number of halogens is 1. The number of rotatable bonds is 5. The second-order valence-electron chi connectivity index (χ2n) is 3.32. The van der Waals surface area contributed by atoms with Gasteiger partial charge in [0.2, 0.25) is 5.95 Å². The van der Waals surface area contributed by atoms with Crippen LogP contribution in [0.4, 0.5) is 4.39 Å². The number of aromatic nitrogens is 1. The topological polar surface area (TPSA) is 51.2 Å². The lowest BCUT2D eigenvalue weighted by molar-refractivity contribution is 0.0693. The molecule has 1 heterocycles. The zero-order valence-electron chi connectivity index (χ0n) is 9.37. The first-order valence-corrected chi connectivity index (χ1v) is 5.15. The molecule has 5 heteroatoms. The molecule has 1 atom stereocenters. The molecule has 0 aliphatic rings. The number of pyridine rings is 1. The molecule has 0 aliphatic carbocycles. The molecule has 4 nitrogen and oxygen atoms in total. The molecule has 0 spiro atoms. The number of carbonyl (C=O) groups is 1. The normalized spacial score (nSPS) is 12.2. The highest BCUT2D eigenvalue weighted by atomic mass is 19.1. The summed E-state index contributed by atoms with van der Waals surface area (Å²) in [5, 5.41) is 2.62. The number of hydrogen-bond donors (Lipinski definition) is 1. The van der Waals surface area contributed by atoms with Gasteiger partial charge in [-0.05, 0) is 26.0 Å². The van der Waals surface area contributed by atoms with E-state index in [0.717, 1.165) is 0 Å². The Kier molecular flexibility index (Phi) is 4.85. The van der Waals surface area contributed by atoms with E-state index in [-0.39, 0.29) is 11.8 Å². The first-order valence-electron chi connectivity index (χ1n) is 5.15. The van der Waals surface area contributed by atoms with Gasteiger partial charge in [-0.3, -0.25) is 4.79 Å². The van der Waals surface area contributed by atoms with E-state index in [9.17, 15) is 9.18 Å². The van der Waals surface area contributed by atoms with Crippen molar-refractivity contribution in [3.05, 3.63) is 29.8 Å². The number of nitrogens with zero attached hydrogens (tertiary/aromatic N) is 1.